The molecule has 0 N–H and O–H groups in total. The molecule has 39 heavy (non-hydrogen) atoms. The van der Waals surface area contributed by atoms with Crippen molar-refractivity contribution in [2.75, 3.05) is 4.90 Å². The van der Waals surface area contributed by atoms with Crippen molar-refractivity contribution in [3.63, 3.8) is 0 Å². The molecule has 6 heteroatoms. The zero-order chi connectivity index (χ0) is 26.8. The summed E-state index contributed by atoms with van der Waals surface area (Å²) in [6.07, 6.45) is 3.74. The maximum absolute atomic E-state index is 13.5. The fourth-order valence-corrected chi connectivity index (χ4v) is 10.1. The minimum atomic E-state index is -0.224. The van der Waals surface area contributed by atoms with Gasteiger partial charge in [0.25, 0.3) is 0 Å². The fourth-order valence-electron chi connectivity index (χ4n) is 6.59. The molecule has 2 aliphatic heterocycles. The monoisotopic (exact) mass is 592 g/mol. The molecule has 3 aromatic heterocycles. The van der Waals surface area contributed by atoms with Crippen LogP contribution in [0.3, 0.4) is 0 Å². The Morgan fingerprint density at radius 1 is 0.846 bits per heavy atom. The van der Waals surface area contributed by atoms with Gasteiger partial charge < -0.3 is 0 Å². The van der Waals surface area contributed by atoms with Crippen molar-refractivity contribution >= 4 is 69.6 Å². The van der Waals surface area contributed by atoms with Crippen LogP contribution in [0, 0.1) is 0 Å². The maximum atomic E-state index is 13.5. The van der Waals surface area contributed by atoms with Gasteiger partial charge >= 0.3 is 237 Å². The van der Waals surface area contributed by atoms with Crippen LogP contribution in [0.15, 0.2) is 71.7 Å². The average Bonchev–Trinajstić information content (AvgIpc) is 3.62. The number of allylic oxidation sites excluding steroid dienone is 1. The van der Waals surface area contributed by atoms with E-state index in [9.17, 15) is 9.59 Å². The van der Waals surface area contributed by atoms with E-state index >= 15 is 0 Å². The molecule has 190 valence electrons. The first-order valence-electron chi connectivity index (χ1n) is 13.0. The number of hydrogen-bond donors (Lipinski definition) is 0. The van der Waals surface area contributed by atoms with Gasteiger partial charge in [0.15, 0.2) is 0 Å². The molecular formula is C33H24N2O2SSe. The molecule has 5 aromatic rings. The third kappa shape index (κ3) is 2.92. The standard InChI is InChI=1S/C33H24N2O2SSe/c1-32(2)22-7-5-8-23-27(22)35(30-24(32)9-6-11-34-30)31-25(33(23,3)4)15-18(39-31)14-21-28(36)19-13-17-10-12-38-26(17)16-20(19)29(21)37/h5-16H,1-4H3/b21-14-. The number of hydrogen-bond acceptors (Lipinski definition) is 5. The van der Waals surface area contributed by atoms with Crippen molar-refractivity contribution in [2.24, 2.45) is 0 Å². The average molecular weight is 592 g/mol. The number of benzene rings is 2. The Kier molecular flexibility index (Phi) is 4.51. The van der Waals surface area contributed by atoms with Crippen molar-refractivity contribution in [1.82, 2.24) is 4.98 Å². The summed E-state index contributed by atoms with van der Waals surface area (Å²) in [7, 11) is 0. The second-order valence-corrected chi connectivity index (χ2v) is 14.8. The molecule has 0 fully saturated rings. The van der Waals surface area contributed by atoms with Crippen LogP contribution < -0.4 is 4.90 Å². The van der Waals surface area contributed by atoms with Gasteiger partial charge in [0.05, 0.1) is 0 Å². The first-order valence-corrected chi connectivity index (χ1v) is 15.6. The van der Waals surface area contributed by atoms with Crippen LogP contribution in [-0.2, 0) is 10.8 Å². The number of pyridine rings is 1. The first kappa shape index (κ1) is 23.3. The molecule has 0 bridgehead atoms. The Hall–Kier alpha value is -3.57. The number of rotatable bonds is 1. The van der Waals surface area contributed by atoms with E-state index in [-0.39, 0.29) is 42.5 Å². The van der Waals surface area contributed by atoms with Crippen molar-refractivity contribution < 1.29 is 9.59 Å². The molecule has 3 aliphatic rings. The number of para-hydroxylation sites is 1. The molecular weight excluding hydrogens is 567 g/mol. The summed E-state index contributed by atoms with van der Waals surface area (Å²) in [5, 5.41) is 3.00. The first-order chi connectivity index (χ1) is 18.7. The summed E-state index contributed by atoms with van der Waals surface area (Å²) in [5.41, 5.74) is 7.21. The Bertz CT molecular complexity index is 1920. The van der Waals surface area contributed by atoms with E-state index in [1.54, 1.807) is 11.3 Å². The van der Waals surface area contributed by atoms with Crippen LogP contribution in [0.1, 0.15) is 75.1 Å². The molecule has 2 aromatic carbocycles. The number of fused-ring (bicyclic) bond motifs is 6. The van der Waals surface area contributed by atoms with Gasteiger partial charge in [0.2, 0.25) is 0 Å². The zero-order valence-corrected chi connectivity index (χ0v) is 24.5. The van der Waals surface area contributed by atoms with Gasteiger partial charge in [0, 0.05) is 0 Å². The van der Waals surface area contributed by atoms with Crippen LogP contribution in [-0.4, -0.2) is 31.1 Å². The Labute approximate surface area is 236 Å². The summed E-state index contributed by atoms with van der Waals surface area (Å²) in [6.45, 7) is 9.13. The SMILES string of the molecule is CC1(C)c2cccnc2N2c3[se]c(/C=C4/C(=O)c5cc6ccsc6cc5C4=O)cc3C(C)(C)c3cccc1c32. The van der Waals surface area contributed by atoms with E-state index in [4.69, 9.17) is 4.98 Å². The van der Waals surface area contributed by atoms with Crippen LogP contribution in [0.25, 0.3) is 16.2 Å². The molecule has 4 nitrogen and oxygen atoms in total. The van der Waals surface area contributed by atoms with Gasteiger partial charge in [-0.15, -0.1) is 0 Å². The van der Waals surface area contributed by atoms with Gasteiger partial charge in [-0.05, 0) is 0 Å². The summed E-state index contributed by atoms with van der Waals surface area (Å²) in [4.78, 5) is 34.2. The van der Waals surface area contributed by atoms with Crippen molar-refractivity contribution in [3.05, 3.63) is 110 Å². The number of anilines is 3. The van der Waals surface area contributed by atoms with E-state index in [0.29, 0.717) is 11.1 Å². The van der Waals surface area contributed by atoms with Gasteiger partial charge in [-0.25, -0.2) is 0 Å². The molecule has 0 unspecified atom stereocenters. The predicted molar refractivity (Wildman–Crippen MR) is 159 cm³/mol. The molecule has 0 radical (unpaired) electrons. The van der Waals surface area contributed by atoms with Crippen molar-refractivity contribution in [2.45, 2.75) is 38.5 Å². The van der Waals surface area contributed by atoms with E-state index in [1.165, 1.54) is 32.5 Å². The third-order valence-electron chi connectivity index (χ3n) is 8.74. The number of nitrogens with zero attached hydrogens (tertiary/aromatic N) is 2. The Morgan fingerprint density at radius 3 is 2.31 bits per heavy atom. The molecule has 0 saturated carbocycles. The summed E-state index contributed by atoms with van der Waals surface area (Å²) in [6, 6.07) is 18.9. The van der Waals surface area contributed by atoms with Crippen molar-refractivity contribution in [3.8, 4) is 0 Å². The van der Waals surface area contributed by atoms with Gasteiger partial charge in [0.1, 0.15) is 0 Å². The molecule has 5 heterocycles. The van der Waals surface area contributed by atoms with E-state index in [1.807, 2.05) is 41.9 Å². The fraction of sp³-hybridized carbons (Fsp3) is 0.182. The normalized spacial score (nSPS) is 18.8. The van der Waals surface area contributed by atoms with E-state index in [0.717, 1.165) is 20.3 Å². The Morgan fingerprint density at radius 2 is 1.54 bits per heavy atom. The van der Waals surface area contributed by atoms with Gasteiger partial charge in [-0.2, -0.15) is 0 Å². The zero-order valence-electron chi connectivity index (χ0n) is 22.0. The summed E-state index contributed by atoms with van der Waals surface area (Å²) < 4.78 is 3.32. The number of carbonyl (C=O) groups is 2. The van der Waals surface area contributed by atoms with Crippen LogP contribution in [0.5, 0.6) is 0 Å². The summed E-state index contributed by atoms with van der Waals surface area (Å²) >= 11 is 1.49. The number of Topliss-reactive ketones (excluding diaryl/α,β-unsaturated/α-hetero) is 2. The molecule has 0 atom stereocenters. The van der Waals surface area contributed by atoms with E-state index in [2.05, 4.69) is 62.9 Å². The van der Waals surface area contributed by atoms with Crippen LogP contribution >= 0.6 is 11.3 Å². The summed E-state index contributed by atoms with van der Waals surface area (Å²) in [5.74, 6) is 0.653. The van der Waals surface area contributed by atoms with E-state index < -0.39 is 0 Å². The third-order valence-corrected chi connectivity index (χ3v) is 11.9. The van der Waals surface area contributed by atoms with Crippen LogP contribution in [0.2, 0.25) is 0 Å². The topological polar surface area (TPSA) is 50.3 Å². The molecule has 0 amide bonds. The number of aromatic nitrogens is 1. The molecule has 8 rings (SSSR count). The number of carbonyl (C=O) groups excluding carboxylic acids is 2. The Balaban J connectivity index is 1.32. The molecule has 0 spiro atoms. The number of thiophene rings is 1. The second kappa shape index (κ2) is 7.54. The van der Waals surface area contributed by atoms with Crippen molar-refractivity contribution in [1.29, 1.82) is 0 Å². The second-order valence-electron chi connectivity index (χ2n) is 11.6. The quantitative estimate of drug-likeness (QED) is 0.115. The number of ketones is 2. The molecule has 0 saturated heterocycles. The predicted octanol–water partition coefficient (Wildman–Crippen LogP) is 7.56. The van der Waals surface area contributed by atoms with Gasteiger partial charge in [-0.1, -0.05) is 0 Å². The van der Waals surface area contributed by atoms with Crippen LogP contribution in [0.4, 0.5) is 16.1 Å². The minimum absolute atomic E-state index is 0.101. The van der Waals surface area contributed by atoms with Gasteiger partial charge in [-0.3, -0.25) is 0 Å². The molecule has 1 aliphatic carbocycles.